The highest BCUT2D eigenvalue weighted by Gasteiger charge is 2.30. The standard InChI is InChI=1S/C24H25ClF3N5O2/c1-14-11-17(16-3-5-18(6-4-16)24(26,27)28)12-29-22(14)31-23(35)21-20(25)13-30-33(21)19-7-9-32(10-8-19)15(2)34/h3-6,11-13,15,19,34H,7-10H2,1-2H3,(H,29,31,35). The van der Waals surface area contributed by atoms with E-state index in [2.05, 4.69) is 15.4 Å². The molecule has 1 aliphatic rings. The Kier molecular flexibility index (Phi) is 7.16. The molecule has 0 radical (unpaired) electrons. The number of pyridine rings is 1. The summed E-state index contributed by atoms with van der Waals surface area (Å²) in [4.78, 5) is 19.4. The number of amides is 1. The fourth-order valence-electron chi connectivity index (χ4n) is 4.22. The lowest BCUT2D eigenvalue weighted by atomic mass is 10.0. The lowest BCUT2D eigenvalue weighted by Crippen LogP contribution is -2.41. The first-order chi connectivity index (χ1) is 16.5. The monoisotopic (exact) mass is 507 g/mol. The lowest BCUT2D eigenvalue weighted by Gasteiger charge is -2.34. The summed E-state index contributed by atoms with van der Waals surface area (Å²) < 4.78 is 40.1. The van der Waals surface area contributed by atoms with Crippen molar-refractivity contribution >= 4 is 23.3 Å². The number of hydrogen-bond donors (Lipinski definition) is 2. The Bertz CT molecular complexity index is 1200. The van der Waals surface area contributed by atoms with Crippen LogP contribution in [0.5, 0.6) is 0 Å². The summed E-state index contributed by atoms with van der Waals surface area (Å²) in [6, 6.07) is 6.53. The number of likely N-dealkylation sites (tertiary alicyclic amines) is 1. The van der Waals surface area contributed by atoms with Crippen LogP contribution in [-0.2, 0) is 6.18 Å². The van der Waals surface area contributed by atoms with Gasteiger partial charge in [0.25, 0.3) is 5.91 Å². The number of nitrogens with one attached hydrogen (secondary N) is 1. The van der Waals surface area contributed by atoms with E-state index in [-0.39, 0.29) is 16.8 Å². The third-order valence-corrected chi connectivity index (χ3v) is 6.47. The molecule has 0 aliphatic carbocycles. The molecule has 1 saturated heterocycles. The van der Waals surface area contributed by atoms with E-state index in [9.17, 15) is 23.1 Å². The molecule has 1 atom stereocenters. The fourth-order valence-corrected chi connectivity index (χ4v) is 4.43. The van der Waals surface area contributed by atoms with Gasteiger partial charge in [-0.3, -0.25) is 14.4 Å². The zero-order chi connectivity index (χ0) is 25.3. The number of halogens is 4. The molecule has 1 fully saturated rings. The van der Waals surface area contributed by atoms with Crippen LogP contribution in [0, 0.1) is 6.92 Å². The molecule has 3 heterocycles. The number of nitrogens with zero attached hydrogens (tertiary/aromatic N) is 4. The number of rotatable bonds is 5. The number of piperidine rings is 1. The summed E-state index contributed by atoms with van der Waals surface area (Å²) in [6.07, 6.45) is -0.575. The zero-order valence-corrected chi connectivity index (χ0v) is 19.9. The van der Waals surface area contributed by atoms with Crippen LogP contribution in [0.4, 0.5) is 19.0 Å². The maximum atomic E-state index is 13.1. The van der Waals surface area contributed by atoms with Gasteiger partial charge in [0.05, 0.1) is 22.8 Å². The van der Waals surface area contributed by atoms with Crippen molar-refractivity contribution in [1.82, 2.24) is 19.7 Å². The molecule has 35 heavy (non-hydrogen) atoms. The van der Waals surface area contributed by atoms with Crippen LogP contribution < -0.4 is 5.32 Å². The molecule has 1 aliphatic heterocycles. The van der Waals surface area contributed by atoms with Crippen LogP contribution in [0.3, 0.4) is 0 Å². The molecule has 0 saturated carbocycles. The zero-order valence-electron chi connectivity index (χ0n) is 19.2. The normalized spacial score (nSPS) is 16.3. The molecular weight excluding hydrogens is 483 g/mol. The number of alkyl halides is 3. The summed E-state index contributed by atoms with van der Waals surface area (Å²) >= 11 is 6.30. The number of anilines is 1. The minimum absolute atomic E-state index is 0.0330. The van der Waals surface area contributed by atoms with Gasteiger partial charge in [0.1, 0.15) is 17.7 Å². The Hall–Kier alpha value is -2.95. The second kappa shape index (κ2) is 9.96. The van der Waals surface area contributed by atoms with E-state index in [0.717, 1.165) is 12.1 Å². The summed E-state index contributed by atoms with van der Waals surface area (Å²) in [6.45, 7) is 4.82. The van der Waals surface area contributed by atoms with Crippen molar-refractivity contribution in [3.63, 3.8) is 0 Å². The fraction of sp³-hybridized carbons (Fsp3) is 0.375. The van der Waals surface area contributed by atoms with Gasteiger partial charge in [-0.25, -0.2) is 4.98 Å². The van der Waals surface area contributed by atoms with Crippen molar-refractivity contribution in [2.75, 3.05) is 18.4 Å². The van der Waals surface area contributed by atoms with Gasteiger partial charge >= 0.3 is 6.18 Å². The molecule has 1 aromatic carbocycles. The van der Waals surface area contributed by atoms with Gasteiger partial charge in [0.2, 0.25) is 0 Å². The minimum atomic E-state index is -4.40. The second-order valence-corrected chi connectivity index (χ2v) is 9.01. The van der Waals surface area contributed by atoms with Crippen LogP contribution in [0.25, 0.3) is 11.1 Å². The third-order valence-electron chi connectivity index (χ3n) is 6.20. The quantitative estimate of drug-likeness (QED) is 0.499. The van der Waals surface area contributed by atoms with Gasteiger partial charge < -0.3 is 10.4 Å². The average molecular weight is 508 g/mol. The van der Waals surface area contributed by atoms with Crippen LogP contribution in [0.15, 0.2) is 42.7 Å². The van der Waals surface area contributed by atoms with Gasteiger partial charge in [-0.05, 0) is 56.0 Å². The van der Waals surface area contributed by atoms with E-state index in [1.54, 1.807) is 24.6 Å². The molecule has 1 unspecified atom stereocenters. The number of carbonyl (C=O) groups excluding carboxylic acids is 1. The molecule has 0 spiro atoms. The van der Waals surface area contributed by atoms with Crippen molar-refractivity contribution in [2.45, 2.75) is 45.1 Å². The van der Waals surface area contributed by atoms with Crippen molar-refractivity contribution in [3.8, 4) is 11.1 Å². The van der Waals surface area contributed by atoms with Crippen molar-refractivity contribution in [1.29, 1.82) is 0 Å². The number of hydrogen-bond acceptors (Lipinski definition) is 5. The van der Waals surface area contributed by atoms with Crippen LogP contribution in [0.2, 0.25) is 5.02 Å². The molecule has 2 N–H and O–H groups in total. The minimum Gasteiger partial charge on any atom is -0.379 e. The van der Waals surface area contributed by atoms with E-state index < -0.39 is 23.9 Å². The number of aromatic nitrogens is 3. The topological polar surface area (TPSA) is 83.3 Å². The van der Waals surface area contributed by atoms with Crippen molar-refractivity contribution in [3.05, 3.63) is 64.6 Å². The largest absolute Gasteiger partial charge is 0.416 e. The van der Waals surface area contributed by atoms with E-state index >= 15 is 0 Å². The van der Waals surface area contributed by atoms with E-state index in [1.807, 2.05) is 4.90 Å². The molecule has 2 aromatic heterocycles. The predicted octanol–water partition coefficient (Wildman–Crippen LogP) is 5.15. The second-order valence-electron chi connectivity index (χ2n) is 8.60. The van der Waals surface area contributed by atoms with E-state index in [1.165, 1.54) is 24.5 Å². The first-order valence-electron chi connectivity index (χ1n) is 11.2. The first kappa shape index (κ1) is 25.2. The molecule has 3 aromatic rings. The number of aliphatic hydroxyl groups excluding tert-OH is 1. The van der Waals surface area contributed by atoms with Gasteiger partial charge in [0, 0.05) is 24.8 Å². The molecule has 0 bridgehead atoms. The Labute approximate surface area is 205 Å². The van der Waals surface area contributed by atoms with Gasteiger partial charge in [0.15, 0.2) is 0 Å². The summed E-state index contributed by atoms with van der Waals surface area (Å²) in [5, 5.41) is 17.1. The van der Waals surface area contributed by atoms with E-state index in [4.69, 9.17) is 11.6 Å². The molecule has 186 valence electrons. The van der Waals surface area contributed by atoms with Crippen LogP contribution in [-0.4, -0.2) is 50.0 Å². The SMILES string of the molecule is Cc1cc(-c2ccc(C(F)(F)F)cc2)cnc1NC(=O)c1c(Cl)cnn1C1CCN(C(C)O)CC1. The Morgan fingerprint density at radius 1 is 1.17 bits per heavy atom. The molecule has 7 nitrogen and oxygen atoms in total. The highest BCUT2D eigenvalue weighted by molar-refractivity contribution is 6.34. The molecule has 1 amide bonds. The Morgan fingerprint density at radius 3 is 2.40 bits per heavy atom. The van der Waals surface area contributed by atoms with Gasteiger partial charge in [-0.2, -0.15) is 18.3 Å². The maximum Gasteiger partial charge on any atom is 0.416 e. The van der Waals surface area contributed by atoms with E-state index in [0.29, 0.717) is 48.4 Å². The average Bonchev–Trinajstić information content (AvgIpc) is 3.21. The third kappa shape index (κ3) is 5.50. The summed E-state index contributed by atoms with van der Waals surface area (Å²) in [7, 11) is 0. The highest BCUT2D eigenvalue weighted by atomic mass is 35.5. The summed E-state index contributed by atoms with van der Waals surface area (Å²) in [5.41, 5.74) is 1.36. The molecule has 4 rings (SSSR count). The molecule has 11 heteroatoms. The van der Waals surface area contributed by atoms with Gasteiger partial charge in [-0.15, -0.1) is 0 Å². The van der Waals surface area contributed by atoms with Crippen LogP contribution >= 0.6 is 11.6 Å². The van der Waals surface area contributed by atoms with Crippen molar-refractivity contribution < 1.29 is 23.1 Å². The maximum absolute atomic E-state index is 13.1. The first-order valence-corrected chi connectivity index (χ1v) is 11.5. The smallest absolute Gasteiger partial charge is 0.379 e. The molecular formula is C24H25ClF3N5O2. The predicted molar refractivity (Wildman–Crippen MR) is 126 cm³/mol. The number of benzene rings is 1. The van der Waals surface area contributed by atoms with Gasteiger partial charge in [-0.1, -0.05) is 23.7 Å². The lowest BCUT2D eigenvalue weighted by molar-refractivity contribution is -0.137. The summed E-state index contributed by atoms with van der Waals surface area (Å²) in [5.74, 6) is -0.137. The number of aliphatic hydroxyl groups is 1. The Morgan fingerprint density at radius 2 is 1.83 bits per heavy atom. The number of carbonyl (C=O) groups is 1. The Balaban J connectivity index is 1.50. The van der Waals surface area contributed by atoms with Crippen molar-refractivity contribution in [2.24, 2.45) is 0 Å². The van der Waals surface area contributed by atoms with Crippen LogP contribution in [0.1, 0.15) is 47.4 Å². The highest BCUT2D eigenvalue weighted by Crippen LogP contribution is 2.32. The number of aryl methyl sites for hydroxylation is 1.